The molecule has 2 N–H and O–H groups in total. The van der Waals surface area contributed by atoms with Gasteiger partial charge in [-0.3, -0.25) is 4.79 Å². The SMILES string of the molecule is NC(=S)CCN(C(=O)Cc1ccsc1)c1ccccc1. The number of nitrogens with zero attached hydrogens (tertiary/aromatic N) is 1. The fourth-order valence-electron chi connectivity index (χ4n) is 1.89. The molecule has 1 aromatic heterocycles. The minimum absolute atomic E-state index is 0.0610. The first-order valence-electron chi connectivity index (χ1n) is 6.31. The molecule has 1 aromatic carbocycles. The molecule has 1 amide bonds. The molecule has 2 aromatic rings. The van der Waals surface area contributed by atoms with E-state index in [0.29, 0.717) is 24.4 Å². The van der Waals surface area contributed by atoms with Crippen molar-refractivity contribution >= 4 is 40.1 Å². The van der Waals surface area contributed by atoms with Gasteiger partial charge in [-0.1, -0.05) is 30.4 Å². The lowest BCUT2D eigenvalue weighted by atomic mass is 10.2. The van der Waals surface area contributed by atoms with Crippen LogP contribution in [0.3, 0.4) is 0 Å². The molecule has 0 saturated carbocycles. The molecule has 0 fully saturated rings. The smallest absolute Gasteiger partial charge is 0.231 e. The molecule has 0 aliphatic carbocycles. The predicted octanol–water partition coefficient (Wildman–Crippen LogP) is 3.00. The Hall–Kier alpha value is -1.72. The van der Waals surface area contributed by atoms with Gasteiger partial charge in [-0.2, -0.15) is 11.3 Å². The van der Waals surface area contributed by atoms with E-state index in [9.17, 15) is 4.79 Å². The fraction of sp³-hybridized carbons (Fsp3) is 0.200. The van der Waals surface area contributed by atoms with Crippen molar-refractivity contribution in [1.29, 1.82) is 0 Å². The molecule has 104 valence electrons. The summed E-state index contributed by atoms with van der Waals surface area (Å²) < 4.78 is 0. The molecule has 0 saturated heterocycles. The molecule has 5 heteroatoms. The quantitative estimate of drug-likeness (QED) is 0.835. The van der Waals surface area contributed by atoms with Crippen LogP contribution in [0.1, 0.15) is 12.0 Å². The third-order valence-electron chi connectivity index (χ3n) is 2.89. The van der Waals surface area contributed by atoms with Gasteiger partial charge < -0.3 is 10.6 Å². The van der Waals surface area contributed by atoms with Crippen molar-refractivity contribution < 1.29 is 4.79 Å². The molecule has 0 spiro atoms. The number of thiophene rings is 1. The van der Waals surface area contributed by atoms with Gasteiger partial charge >= 0.3 is 0 Å². The number of rotatable bonds is 6. The van der Waals surface area contributed by atoms with E-state index < -0.39 is 0 Å². The lowest BCUT2D eigenvalue weighted by Gasteiger charge is -2.22. The summed E-state index contributed by atoms with van der Waals surface area (Å²) in [5.41, 5.74) is 7.47. The summed E-state index contributed by atoms with van der Waals surface area (Å²) in [6, 6.07) is 11.6. The Balaban J connectivity index is 2.13. The topological polar surface area (TPSA) is 46.3 Å². The first-order chi connectivity index (χ1) is 9.66. The number of carbonyl (C=O) groups excluding carboxylic acids is 1. The summed E-state index contributed by atoms with van der Waals surface area (Å²) in [4.78, 5) is 14.6. The maximum Gasteiger partial charge on any atom is 0.231 e. The summed E-state index contributed by atoms with van der Waals surface area (Å²) in [7, 11) is 0. The summed E-state index contributed by atoms with van der Waals surface area (Å²) in [5, 5.41) is 3.97. The average molecular weight is 304 g/mol. The summed E-state index contributed by atoms with van der Waals surface area (Å²) in [5.74, 6) is 0.0610. The zero-order valence-corrected chi connectivity index (χ0v) is 12.6. The molecule has 0 unspecified atom stereocenters. The lowest BCUT2D eigenvalue weighted by molar-refractivity contribution is -0.117. The van der Waals surface area contributed by atoms with E-state index in [-0.39, 0.29) is 5.91 Å². The molecule has 0 radical (unpaired) electrons. The largest absolute Gasteiger partial charge is 0.393 e. The minimum atomic E-state index is 0.0610. The molecule has 2 rings (SSSR count). The molecule has 20 heavy (non-hydrogen) atoms. The normalized spacial score (nSPS) is 10.2. The Morgan fingerprint density at radius 3 is 2.60 bits per heavy atom. The Labute approximate surface area is 128 Å². The number of para-hydroxylation sites is 1. The van der Waals surface area contributed by atoms with Crippen molar-refractivity contribution in [3.63, 3.8) is 0 Å². The van der Waals surface area contributed by atoms with Gasteiger partial charge in [-0.25, -0.2) is 0 Å². The maximum absolute atomic E-state index is 12.5. The van der Waals surface area contributed by atoms with E-state index in [1.54, 1.807) is 16.2 Å². The lowest BCUT2D eigenvalue weighted by Crippen LogP contribution is -2.34. The highest BCUT2D eigenvalue weighted by Gasteiger charge is 2.16. The van der Waals surface area contributed by atoms with Crippen molar-refractivity contribution in [2.75, 3.05) is 11.4 Å². The molecular weight excluding hydrogens is 288 g/mol. The molecule has 0 aliphatic rings. The number of amides is 1. The first kappa shape index (κ1) is 14.7. The second-order valence-corrected chi connectivity index (χ2v) is 5.71. The molecule has 0 bridgehead atoms. The number of hydrogen-bond donors (Lipinski definition) is 1. The van der Waals surface area contributed by atoms with E-state index in [1.807, 2.05) is 47.2 Å². The number of thiocarbonyl (C=S) groups is 1. The first-order valence-corrected chi connectivity index (χ1v) is 7.66. The fourth-order valence-corrected chi connectivity index (χ4v) is 2.65. The number of carbonyl (C=O) groups is 1. The Morgan fingerprint density at radius 2 is 2.00 bits per heavy atom. The van der Waals surface area contributed by atoms with Gasteiger partial charge in [0.25, 0.3) is 0 Å². The number of anilines is 1. The average Bonchev–Trinajstić information content (AvgIpc) is 2.92. The van der Waals surface area contributed by atoms with Crippen LogP contribution in [0.5, 0.6) is 0 Å². The highest BCUT2D eigenvalue weighted by Crippen LogP contribution is 2.16. The standard InChI is InChI=1S/C15H16N2OS2/c16-14(19)6-8-17(13-4-2-1-3-5-13)15(18)10-12-7-9-20-11-12/h1-5,7,9,11H,6,8,10H2,(H2,16,19). The third-order valence-corrected chi connectivity index (χ3v) is 3.82. The van der Waals surface area contributed by atoms with Crippen LogP contribution in [0.25, 0.3) is 0 Å². The summed E-state index contributed by atoms with van der Waals surface area (Å²) in [6.45, 7) is 0.516. The minimum Gasteiger partial charge on any atom is -0.393 e. The van der Waals surface area contributed by atoms with Gasteiger partial charge in [-0.15, -0.1) is 0 Å². The monoisotopic (exact) mass is 304 g/mol. The van der Waals surface area contributed by atoms with Gasteiger partial charge in [-0.05, 0) is 34.5 Å². The van der Waals surface area contributed by atoms with E-state index >= 15 is 0 Å². The second kappa shape index (κ2) is 7.17. The molecular formula is C15H16N2OS2. The van der Waals surface area contributed by atoms with Gasteiger partial charge in [0.15, 0.2) is 0 Å². The molecule has 1 heterocycles. The van der Waals surface area contributed by atoms with Gasteiger partial charge in [0.1, 0.15) is 0 Å². The predicted molar refractivity (Wildman–Crippen MR) is 88.2 cm³/mol. The van der Waals surface area contributed by atoms with Crippen molar-refractivity contribution in [2.45, 2.75) is 12.8 Å². The van der Waals surface area contributed by atoms with Crippen LogP contribution in [0.4, 0.5) is 5.69 Å². The Kier molecular flexibility index (Phi) is 5.26. The van der Waals surface area contributed by atoms with Crippen molar-refractivity contribution in [3.05, 3.63) is 52.7 Å². The van der Waals surface area contributed by atoms with Crippen molar-refractivity contribution in [1.82, 2.24) is 0 Å². The van der Waals surface area contributed by atoms with Crippen LogP contribution in [0.2, 0.25) is 0 Å². The number of nitrogens with two attached hydrogens (primary N) is 1. The van der Waals surface area contributed by atoms with Crippen LogP contribution in [0.15, 0.2) is 47.2 Å². The van der Waals surface area contributed by atoms with Crippen molar-refractivity contribution in [3.8, 4) is 0 Å². The van der Waals surface area contributed by atoms with E-state index in [1.165, 1.54) is 0 Å². The van der Waals surface area contributed by atoms with E-state index in [4.69, 9.17) is 18.0 Å². The van der Waals surface area contributed by atoms with Gasteiger partial charge in [0, 0.05) is 18.7 Å². The highest BCUT2D eigenvalue weighted by atomic mass is 32.1. The zero-order valence-electron chi connectivity index (χ0n) is 11.0. The summed E-state index contributed by atoms with van der Waals surface area (Å²) >= 11 is 6.50. The highest BCUT2D eigenvalue weighted by molar-refractivity contribution is 7.80. The van der Waals surface area contributed by atoms with Crippen LogP contribution in [-0.2, 0) is 11.2 Å². The van der Waals surface area contributed by atoms with Crippen molar-refractivity contribution in [2.24, 2.45) is 5.73 Å². The molecule has 3 nitrogen and oxygen atoms in total. The Morgan fingerprint density at radius 1 is 1.25 bits per heavy atom. The van der Waals surface area contributed by atoms with Gasteiger partial charge in [0.05, 0.1) is 11.4 Å². The maximum atomic E-state index is 12.5. The number of benzene rings is 1. The van der Waals surface area contributed by atoms with Crippen LogP contribution in [-0.4, -0.2) is 17.4 Å². The third kappa shape index (κ3) is 4.15. The molecule has 0 aliphatic heterocycles. The summed E-state index contributed by atoms with van der Waals surface area (Å²) in [6.07, 6.45) is 0.926. The number of hydrogen-bond acceptors (Lipinski definition) is 3. The molecule has 0 atom stereocenters. The van der Waals surface area contributed by atoms with Crippen LogP contribution >= 0.6 is 23.6 Å². The van der Waals surface area contributed by atoms with Gasteiger partial charge in [0.2, 0.25) is 5.91 Å². The van der Waals surface area contributed by atoms with Crippen LogP contribution < -0.4 is 10.6 Å². The second-order valence-electron chi connectivity index (χ2n) is 4.41. The van der Waals surface area contributed by atoms with Crippen LogP contribution in [0, 0.1) is 0 Å². The Bertz CT molecular complexity index is 567. The zero-order chi connectivity index (χ0) is 14.4. The van der Waals surface area contributed by atoms with E-state index in [2.05, 4.69) is 0 Å². The van der Waals surface area contributed by atoms with E-state index in [0.717, 1.165) is 11.3 Å².